The molecule has 0 saturated carbocycles. The summed E-state index contributed by atoms with van der Waals surface area (Å²) in [6.07, 6.45) is 15.7. The Bertz CT molecular complexity index is 322. The summed E-state index contributed by atoms with van der Waals surface area (Å²) in [5.41, 5.74) is 0.894. The standard InChI is InChI=1S/C17H30N2O/c1-3-5-7-9-11-15(12-10-8-6-4-2)13-16-14-18-17(20)19-16/h14-15H,3-13H2,1-2H3. The highest BCUT2D eigenvalue weighted by Gasteiger charge is 2.15. The number of rotatable bonds is 12. The van der Waals surface area contributed by atoms with Crippen LogP contribution < -0.4 is 0 Å². The van der Waals surface area contributed by atoms with Crippen LogP contribution in [0.25, 0.3) is 0 Å². The van der Waals surface area contributed by atoms with Gasteiger partial charge in [0.2, 0.25) is 0 Å². The van der Waals surface area contributed by atoms with Crippen molar-refractivity contribution in [2.24, 2.45) is 15.9 Å². The fraction of sp³-hybridized carbons (Fsp3) is 0.824. The minimum Gasteiger partial charge on any atom is -0.244 e. The molecular weight excluding hydrogens is 248 g/mol. The normalized spacial score (nSPS) is 14.3. The molecule has 0 spiro atoms. The highest BCUT2D eigenvalue weighted by molar-refractivity contribution is 6.37. The van der Waals surface area contributed by atoms with Gasteiger partial charge < -0.3 is 0 Å². The second kappa shape index (κ2) is 10.8. The molecule has 0 radical (unpaired) electrons. The molecule has 3 nitrogen and oxygen atoms in total. The molecule has 0 saturated heterocycles. The maximum atomic E-state index is 11.0. The third-order valence-corrected chi connectivity index (χ3v) is 3.99. The predicted octanol–water partition coefficient (Wildman–Crippen LogP) is 5.58. The summed E-state index contributed by atoms with van der Waals surface area (Å²) in [6, 6.07) is -0.323. The Hall–Kier alpha value is -0.990. The van der Waals surface area contributed by atoms with E-state index in [4.69, 9.17) is 0 Å². The van der Waals surface area contributed by atoms with Crippen LogP contribution in [-0.4, -0.2) is 18.0 Å². The first-order valence-corrected chi connectivity index (χ1v) is 8.41. The Balaban J connectivity index is 2.31. The van der Waals surface area contributed by atoms with Crippen LogP contribution in [0.15, 0.2) is 9.98 Å². The molecule has 0 aromatic rings. The van der Waals surface area contributed by atoms with Gasteiger partial charge in [0.25, 0.3) is 0 Å². The van der Waals surface area contributed by atoms with Gasteiger partial charge in [-0.05, 0) is 12.3 Å². The second-order valence-corrected chi connectivity index (χ2v) is 5.91. The van der Waals surface area contributed by atoms with Gasteiger partial charge in [0.15, 0.2) is 0 Å². The number of carbonyl (C=O) groups is 1. The largest absolute Gasteiger partial charge is 0.367 e. The van der Waals surface area contributed by atoms with Crippen molar-refractivity contribution in [1.82, 2.24) is 0 Å². The van der Waals surface area contributed by atoms with E-state index in [-0.39, 0.29) is 6.03 Å². The zero-order chi connectivity index (χ0) is 14.6. The lowest BCUT2D eigenvalue weighted by Crippen LogP contribution is -2.09. The summed E-state index contributed by atoms with van der Waals surface area (Å²) in [6.45, 7) is 4.50. The maximum absolute atomic E-state index is 11.0. The van der Waals surface area contributed by atoms with Gasteiger partial charge in [0.05, 0.1) is 11.9 Å². The van der Waals surface area contributed by atoms with Crippen molar-refractivity contribution < 1.29 is 4.79 Å². The van der Waals surface area contributed by atoms with E-state index in [1.54, 1.807) is 6.21 Å². The highest BCUT2D eigenvalue weighted by atomic mass is 16.2. The van der Waals surface area contributed by atoms with Crippen LogP contribution >= 0.6 is 0 Å². The maximum Gasteiger partial charge on any atom is 0.367 e. The van der Waals surface area contributed by atoms with Gasteiger partial charge in [-0.3, -0.25) is 0 Å². The molecule has 0 aromatic carbocycles. The zero-order valence-corrected chi connectivity index (χ0v) is 13.2. The third-order valence-electron chi connectivity index (χ3n) is 3.99. The summed E-state index contributed by atoms with van der Waals surface area (Å²) < 4.78 is 0. The zero-order valence-electron chi connectivity index (χ0n) is 13.2. The Labute approximate surface area is 124 Å². The van der Waals surface area contributed by atoms with Crippen molar-refractivity contribution in [3.05, 3.63) is 0 Å². The van der Waals surface area contributed by atoms with Gasteiger partial charge in [-0.2, -0.15) is 9.98 Å². The van der Waals surface area contributed by atoms with E-state index in [1.807, 2.05) is 0 Å². The lowest BCUT2D eigenvalue weighted by molar-refractivity contribution is 0.257. The number of carbonyl (C=O) groups excluding carboxylic acids is 1. The lowest BCUT2D eigenvalue weighted by Gasteiger charge is -2.16. The SMILES string of the molecule is CCCCCCC(CCCCCC)CC1=NC(=O)N=C1. The van der Waals surface area contributed by atoms with Crippen LogP contribution in [0.3, 0.4) is 0 Å². The van der Waals surface area contributed by atoms with Crippen LogP contribution in [0.1, 0.15) is 84.5 Å². The van der Waals surface area contributed by atoms with Crippen LogP contribution in [0.4, 0.5) is 4.79 Å². The van der Waals surface area contributed by atoms with E-state index in [1.165, 1.54) is 64.2 Å². The highest BCUT2D eigenvalue weighted by Crippen LogP contribution is 2.22. The number of amides is 2. The molecule has 0 unspecified atom stereocenters. The van der Waals surface area contributed by atoms with Crippen molar-refractivity contribution >= 4 is 18.0 Å². The fourth-order valence-electron chi connectivity index (χ4n) is 2.77. The number of hydrogen-bond donors (Lipinski definition) is 0. The summed E-state index contributed by atoms with van der Waals surface area (Å²) in [4.78, 5) is 18.7. The molecule has 1 aliphatic heterocycles. The molecule has 20 heavy (non-hydrogen) atoms. The van der Waals surface area contributed by atoms with Crippen LogP contribution in [0.2, 0.25) is 0 Å². The Morgan fingerprint density at radius 2 is 1.55 bits per heavy atom. The van der Waals surface area contributed by atoms with Crippen molar-refractivity contribution in [3.8, 4) is 0 Å². The molecule has 1 aliphatic rings. The summed E-state index contributed by atoms with van der Waals surface area (Å²) in [5.74, 6) is 0.680. The van der Waals surface area contributed by atoms with Gasteiger partial charge >= 0.3 is 6.03 Å². The predicted molar refractivity (Wildman–Crippen MR) is 86.9 cm³/mol. The molecule has 3 heteroatoms. The number of urea groups is 1. The molecule has 0 N–H and O–H groups in total. The first-order chi connectivity index (χ1) is 9.76. The number of unbranched alkanes of at least 4 members (excludes halogenated alkanes) is 6. The number of nitrogens with zero attached hydrogens (tertiary/aromatic N) is 2. The molecule has 0 atom stereocenters. The summed E-state index contributed by atoms with van der Waals surface area (Å²) in [5, 5.41) is 0. The smallest absolute Gasteiger partial charge is 0.244 e. The van der Waals surface area contributed by atoms with E-state index in [9.17, 15) is 4.79 Å². The van der Waals surface area contributed by atoms with Gasteiger partial charge in [-0.15, -0.1) is 0 Å². The first kappa shape index (κ1) is 17.1. The lowest BCUT2D eigenvalue weighted by atomic mass is 9.90. The minimum atomic E-state index is -0.323. The van der Waals surface area contributed by atoms with Crippen molar-refractivity contribution in [3.63, 3.8) is 0 Å². The average molecular weight is 278 g/mol. The second-order valence-electron chi connectivity index (χ2n) is 5.91. The van der Waals surface area contributed by atoms with Crippen LogP contribution in [-0.2, 0) is 0 Å². The van der Waals surface area contributed by atoms with E-state index in [0.29, 0.717) is 5.92 Å². The Morgan fingerprint density at radius 3 is 2.00 bits per heavy atom. The molecule has 1 rings (SSSR count). The number of aliphatic imine (C=N–C) groups is 2. The van der Waals surface area contributed by atoms with Gasteiger partial charge in [0, 0.05) is 0 Å². The molecule has 0 aliphatic carbocycles. The van der Waals surface area contributed by atoms with Gasteiger partial charge in [-0.1, -0.05) is 78.1 Å². The van der Waals surface area contributed by atoms with Crippen molar-refractivity contribution in [2.45, 2.75) is 84.5 Å². The molecule has 0 fully saturated rings. The van der Waals surface area contributed by atoms with Crippen molar-refractivity contribution in [2.75, 3.05) is 0 Å². The third kappa shape index (κ3) is 7.56. The topological polar surface area (TPSA) is 41.8 Å². The van der Waals surface area contributed by atoms with Gasteiger partial charge in [-0.25, -0.2) is 4.79 Å². The van der Waals surface area contributed by atoms with Crippen LogP contribution in [0, 0.1) is 5.92 Å². The summed E-state index contributed by atoms with van der Waals surface area (Å²) in [7, 11) is 0. The molecule has 0 bridgehead atoms. The quantitative estimate of drug-likeness (QED) is 0.430. The van der Waals surface area contributed by atoms with E-state index in [2.05, 4.69) is 23.8 Å². The van der Waals surface area contributed by atoms with Gasteiger partial charge in [0.1, 0.15) is 0 Å². The Morgan fingerprint density at radius 1 is 0.950 bits per heavy atom. The Kier molecular flexibility index (Phi) is 9.18. The minimum absolute atomic E-state index is 0.323. The first-order valence-electron chi connectivity index (χ1n) is 8.41. The van der Waals surface area contributed by atoms with Crippen LogP contribution in [0.5, 0.6) is 0 Å². The fourth-order valence-corrected chi connectivity index (χ4v) is 2.77. The summed E-state index contributed by atoms with van der Waals surface area (Å²) >= 11 is 0. The van der Waals surface area contributed by atoms with E-state index in [0.717, 1.165) is 12.1 Å². The molecule has 2 amide bonds. The monoisotopic (exact) mass is 278 g/mol. The van der Waals surface area contributed by atoms with E-state index >= 15 is 0 Å². The molecular formula is C17H30N2O. The average Bonchev–Trinajstić information content (AvgIpc) is 2.84. The molecule has 1 heterocycles. The van der Waals surface area contributed by atoms with Crippen molar-refractivity contribution in [1.29, 1.82) is 0 Å². The molecule has 114 valence electrons. The van der Waals surface area contributed by atoms with E-state index < -0.39 is 0 Å². The number of hydrogen-bond acceptors (Lipinski definition) is 1. The molecule has 0 aromatic heterocycles.